The van der Waals surface area contributed by atoms with Gasteiger partial charge in [-0.15, -0.1) is 0 Å². The van der Waals surface area contributed by atoms with E-state index in [2.05, 4.69) is 46.4 Å². The molecule has 0 heterocycles. The van der Waals surface area contributed by atoms with E-state index in [1.54, 1.807) is 4.90 Å². The van der Waals surface area contributed by atoms with Gasteiger partial charge < -0.3 is 53.2 Å². The number of rotatable bonds is 60. The third-order valence-electron chi connectivity index (χ3n) is 14.0. The Morgan fingerprint density at radius 1 is 0.400 bits per heavy atom. The molecular weight excluding hydrogens is 949 g/mol. The van der Waals surface area contributed by atoms with Gasteiger partial charge in [-0.25, -0.2) is 0 Å². The van der Waals surface area contributed by atoms with Crippen LogP contribution in [0.3, 0.4) is 0 Å². The summed E-state index contributed by atoms with van der Waals surface area (Å²) < 4.78 is 43.1. The number of unbranched alkanes of at least 4 members (excludes halogenated alkanes) is 21. The van der Waals surface area contributed by atoms with Gasteiger partial charge in [0.15, 0.2) is 25.2 Å². The highest BCUT2D eigenvalue weighted by Gasteiger charge is 2.28. The molecule has 75 heavy (non-hydrogen) atoms. The average Bonchev–Trinajstić information content (AvgIpc) is 3.39. The largest absolute Gasteiger partial charge is 0.463 e. The van der Waals surface area contributed by atoms with Gasteiger partial charge in [0.1, 0.15) is 6.61 Å². The van der Waals surface area contributed by atoms with Crippen LogP contribution in [0.1, 0.15) is 286 Å². The van der Waals surface area contributed by atoms with Gasteiger partial charge in [-0.2, -0.15) is 0 Å². The lowest BCUT2D eigenvalue weighted by atomic mass is 10.1. The van der Waals surface area contributed by atoms with E-state index in [0.29, 0.717) is 65.1 Å². The van der Waals surface area contributed by atoms with E-state index in [1.165, 1.54) is 96.3 Å². The fourth-order valence-electron chi connectivity index (χ4n) is 9.27. The number of ether oxygens (including phenoxy) is 7. The SMILES string of the molecule is CCCCCCCOC(CCCCC(=O)OCC(COC(O)CCCCC(OCCCCCCC)OCCCCCCC)N(CCCN(C)C)C(=O)CCC(O)OC(CCC)CCCCCC)OCCCCCCC. The number of esters is 1. The molecule has 0 bridgehead atoms. The fourth-order valence-corrected chi connectivity index (χ4v) is 9.27. The Labute approximate surface area is 462 Å². The summed E-state index contributed by atoms with van der Waals surface area (Å²) in [5.41, 5.74) is 0. The summed E-state index contributed by atoms with van der Waals surface area (Å²) in [6, 6.07) is -0.635. The highest BCUT2D eigenvalue weighted by molar-refractivity contribution is 5.76. The van der Waals surface area contributed by atoms with Crippen LogP contribution < -0.4 is 0 Å². The lowest BCUT2D eigenvalue weighted by Crippen LogP contribution is -2.47. The second kappa shape index (κ2) is 55.9. The summed E-state index contributed by atoms with van der Waals surface area (Å²) in [6.07, 6.45) is 34.0. The Morgan fingerprint density at radius 3 is 1.31 bits per heavy atom. The number of carbonyl (C=O) groups is 2. The van der Waals surface area contributed by atoms with Crippen LogP contribution in [0.2, 0.25) is 0 Å². The molecular formula is C62H124N2O11. The van der Waals surface area contributed by atoms with Gasteiger partial charge in [0.25, 0.3) is 0 Å². The molecule has 0 aliphatic heterocycles. The third kappa shape index (κ3) is 48.2. The molecule has 0 rings (SSSR count). The lowest BCUT2D eigenvalue weighted by molar-refractivity contribution is -0.161. The van der Waals surface area contributed by atoms with Crippen molar-refractivity contribution in [2.75, 3.05) is 66.8 Å². The summed E-state index contributed by atoms with van der Waals surface area (Å²) in [7, 11) is 4.00. The van der Waals surface area contributed by atoms with Crippen LogP contribution in [0.4, 0.5) is 0 Å². The zero-order chi connectivity index (χ0) is 55.3. The fraction of sp³-hybridized carbons (Fsp3) is 0.968. The quantitative estimate of drug-likeness (QED) is 0.0340. The van der Waals surface area contributed by atoms with Crippen LogP contribution >= 0.6 is 0 Å². The zero-order valence-electron chi connectivity index (χ0n) is 50.5. The van der Waals surface area contributed by atoms with Crippen molar-refractivity contribution >= 4 is 11.9 Å². The number of aliphatic hydroxyl groups is 2. The van der Waals surface area contributed by atoms with Gasteiger partial charge in [0, 0.05) is 52.2 Å². The Kier molecular flexibility index (Phi) is 54.8. The van der Waals surface area contributed by atoms with Crippen LogP contribution in [0, 0.1) is 0 Å². The van der Waals surface area contributed by atoms with Crippen molar-refractivity contribution in [3.05, 3.63) is 0 Å². The Morgan fingerprint density at radius 2 is 0.840 bits per heavy atom. The Hall–Kier alpha value is -1.42. The van der Waals surface area contributed by atoms with E-state index >= 15 is 0 Å². The maximum atomic E-state index is 14.3. The predicted molar refractivity (Wildman–Crippen MR) is 309 cm³/mol. The van der Waals surface area contributed by atoms with Crippen molar-refractivity contribution in [1.29, 1.82) is 0 Å². The molecule has 0 aromatic rings. The number of nitrogens with zero attached hydrogens (tertiary/aromatic N) is 2. The van der Waals surface area contributed by atoms with Crippen LogP contribution in [-0.2, 0) is 42.7 Å². The van der Waals surface area contributed by atoms with E-state index in [0.717, 1.165) is 103 Å². The summed E-state index contributed by atoms with van der Waals surface area (Å²) in [5, 5.41) is 22.3. The van der Waals surface area contributed by atoms with Gasteiger partial charge in [-0.3, -0.25) is 9.59 Å². The van der Waals surface area contributed by atoms with Gasteiger partial charge in [-0.1, -0.05) is 176 Å². The molecule has 0 aromatic carbocycles. The minimum absolute atomic E-state index is 0.00427. The summed E-state index contributed by atoms with van der Waals surface area (Å²) >= 11 is 0. The summed E-state index contributed by atoms with van der Waals surface area (Å²) in [6.45, 7) is 17.1. The number of hydrogen-bond acceptors (Lipinski definition) is 12. The number of aliphatic hydroxyl groups excluding tert-OH is 2. The molecule has 0 fully saturated rings. The van der Waals surface area contributed by atoms with Crippen molar-refractivity contribution in [2.45, 2.75) is 323 Å². The Bertz CT molecular complexity index is 1170. The van der Waals surface area contributed by atoms with Crippen LogP contribution in [0.5, 0.6) is 0 Å². The molecule has 0 aliphatic rings. The first kappa shape index (κ1) is 73.6. The first-order valence-corrected chi connectivity index (χ1v) is 31.7. The molecule has 1 amide bonds. The molecule has 0 spiro atoms. The number of carbonyl (C=O) groups excluding carboxylic acids is 2. The van der Waals surface area contributed by atoms with Crippen molar-refractivity contribution in [1.82, 2.24) is 9.80 Å². The van der Waals surface area contributed by atoms with E-state index in [1.807, 2.05) is 14.1 Å². The van der Waals surface area contributed by atoms with Crippen molar-refractivity contribution in [2.24, 2.45) is 0 Å². The second-order valence-electron chi connectivity index (χ2n) is 21.8. The zero-order valence-corrected chi connectivity index (χ0v) is 50.5. The highest BCUT2D eigenvalue weighted by Crippen LogP contribution is 2.20. The van der Waals surface area contributed by atoms with E-state index in [9.17, 15) is 19.8 Å². The monoisotopic (exact) mass is 1070 g/mol. The van der Waals surface area contributed by atoms with Crippen LogP contribution in [0.25, 0.3) is 0 Å². The topological polar surface area (TPSA) is 146 Å². The molecule has 13 heteroatoms. The van der Waals surface area contributed by atoms with Crippen molar-refractivity contribution in [3.63, 3.8) is 0 Å². The molecule has 4 atom stereocenters. The first-order valence-electron chi connectivity index (χ1n) is 31.7. The lowest BCUT2D eigenvalue weighted by Gasteiger charge is -2.33. The number of amides is 1. The molecule has 13 nitrogen and oxygen atoms in total. The normalized spacial score (nSPS) is 13.6. The Balaban J connectivity index is 5.89. The summed E-state index contributed by atoms with van der Waals surface area (Å²) in [5.74, 6) is -0.508. The molecule has 0 aromatic heterocycles. The van der Waals surface area contributed by atoms with E-state index in [4.69, 9.17) is 33.2 Å². The smallest absolute Gasteiger partial charge is 0.305 e. The molecule has 0 saturated heterocycles. The molecule has 0 radical (unpaired) electrons. The van der Waals surface area contributed by atoms with Gasteiger partial charge >= 0.3 is 5.97 Å². The molecule has 4 unspecified atom stereocenters. The van der Waals surface area contributed by atoms with Gasteiger partial charge in [0.05, 0.1) is 18.8 Å². The molecule has 2 N–H and O–H groups in total. The first-order chi connectivity index (χ1) is 36.5. The van der Waals surface area contributed by atoms with Crippen LogP contribution in [-0.4, -0.2) is 136 Å². The minimum Gasteiger partial charge on any atom is -0.463 e. The highest BCUT2D eigenvalue weighted by atomic mass is 16.7. The summed E-state index contributed by atoms with van der Waals surface area (Å²) in [4.78, 5) is 31.5. The van der Waals surface area contributed by atoms with Gasteiger partial charge in [-0.05, 0) is 111 Å². The maximum absolute atomic E-state index is 14.3. The third-order valence-corrected chi connectivity index (χ3v) is 14.0. The number of hydrogen-bond donors (Lipinski definition) is 2. The van der Waals surface area contributed by atoms with E-state index in [-0.39, 0.29) is 63.0 Å². The molecule has 0 aliphatic carbocycles. The van der Waals surface area contributed by atoms with Crippen LogP contribution in [0.15, 0.2) is 0 Å². The molecule has 448 valence electrons. The van der Waals surface area contributed by atoms with Crippen molar-refractivity contribution in [3.8, 4) is 0 Å². The minimum atomic E-state index is -1.06. The predicted octanol–water partition coefficient (Wildman–Crippen LogP) is 15.0. The van der Waals surface area contributed by atoms with Gasteiger partial charge in [0.2, 0.25) is 5.91 Å². The average molecular weight is 1070 g/mol. The maximum Gasteiger partial charge on any atom is 0.305 e. The standard InChI is InChI=1S/C62H124N2O11/c1-9-15-20-25-34-49-69-61(70-50-35-26-21-16-10-2)43-32-30-41-58(66)73-53-55(64(48-38-47-63(7)8)57(65)45-46-60(68)75-56(39-14-6)40-29-24-19-13-5)54-74-59(67)42-31-33-44-62(71-51-36-27-22-17-11-3)72-52-37-28-23-18-12-4/h55-56,58,60-62,66,68H,9-54H2,1-8H3. The van der Waals surface area contributed by atoms with Crippen molar-refractivity contribution < 1.29 is 53.0 Å². The molecule has 0 saturated carbocycles. The van der Waals surface area contributed by atoms with E-state index < -0.39 is 18.6 Å². The second-order valence-corrected chi connectivity index (χ2v) is 21.8.